The lowest BCUT2D eigenvalue weighted by molar-refractivity contribution is -0.146. The van der Waals surface area contributed by atoms with Gasteiger partial charge in [-0.2, -0.15) is 0 Å². The number of carbonyl (C=O) groups is 1. The van der Waals surface area contributed by atoms with E-state index >= 15 is 0 Å². The molecule has 0 aliphatic carbocycles. The first-order chi connectivity index (χ1) is 6.83. The number of phenols is 1. The van der Waals surface area contributed by atoms with Gasteiger partial charge in [0.25, 0.3) is 0 Å². The fourth-order valence-corrected chi connectivity index (χ4v) is 1.66. The Balaban J connectivity index is 2.99. The zero-order chi connectivity index (χ0) is 11.6. The van der Waals surface area contributed by atoms with Gasteiger partial charge in [0.05, 0.1) is 5.41 Å². The van der Waals surface area contributed by atoms with Gasteiger partial charge in [0.1, 0.15) is 5.75 Å². The Labute approximate surface area is 96.9 Å². The summed E-state index contributed by atoms with van der Waals surface area (Å²) in [5, 5.41) is 18.5. The lowest BCUT2D eigenvalue weighted by Gasteiger charge is -2.19. The number of aliphatic carboxylic acids is 1. The topological polar surface area (TPSA) is 57.5 Å². The van der Waals surface area contributed by atoms with E-state index in [0.29, 0.717) is 12.0 Å². The summed E-state index contributed by atoms with van der Waals surface area (Å²) in [7, 11) is 0. The van der Waals surface area contributed by atoms with E-state index in [4.69, 9.17) is 5.11 Å². The van der Waals surface area contributed by atoms with Gasteiger partial charge in [0, 0.05) is 4.47 Å². The Morgan fingerprint density at radius 3 is 2.60 bits per heavy atom. The van der Waals surface area contributed by atoms with Crippen LogP contribution in [0.5, 0.6) is 5.75 Å². The highest BCUT2D eigenvalue weighted by molar-refractivity contribution is 9.10. The molecule has 0 amide bonds. The van der Waals surface area contributed by atoms with E-state index in [0.717, 1.165) is 4.47 Å². The van der Waals surface area contributed by atoms with Crippen molar-refractivity contribution in [2.24, 2.45) is 5.41 Å². The minimum Gasteiger partial charge on any atom is -0.508 e. The highest BCUT2D eigenvalue weighted by Crippen LogP contribution is 2.29. The molecular weight excluding hydrogens is 260 g/mol. The average Bonchev–Trinajstić information content (AvgIpc) is 2.10. The number of hydrogen-bond donors (Lipinski definition) is 2. The summed E-state index contributed by atoms with van der Waals surface area (Å²) in [6, 6.07) is 5.00. The number of halogens is 1. The summed E-state index contributed by atoms with van der Waals surface area (Å²) >= 11 is 3.28. The molecule has 3 nitrogen and oxygen atoms in total. The SMILES string of the molecule is CC(C)(Cc1cc(Br)ccc1O)C(=O)O. The number of phenolic OH excluding ortho intramolecular Hbond substituents is 1. The van der Waals surface area contributed by atoms with Crippen LogP contribution in [0.3, 0.4) is 0 Å². The van der Waals surface area contributed by atoms with Gasteiger partial charge in [-0.1, -0.05) is 15.9 Å². The van der Waals surface area contributed by atoms with Crippen LogP contribution in [0.4, 0.5) is 0 Å². The molecule has 0 aromatic heterocycles. The standard InChI is InChI=1S/C11H13BrO3/c1-11(2,10(14)15)6-7-5-8(12)3-4-9(7)13/h3-5,13H,6H2,1-2H3,(H,14,15). The van der Waals surface area contributed by atoms with Crippen molar-refractivity contribution in [3.8, 4) is 5.75 Å². The molecule has 0 unspecified atom stereocenters. The quantitative estimate of drug-likeness (QED) is 0.890. The van der Waals surface area contributed by atoms with Crippen molar-refractivity contribution in [3.63, 3.8) is 0 Å². The molecule has 0 radical (unpaired) electrons. The average molecular weight is 273 g/mol. The van der Waals surface area contributed by atoms with Gasteiger partial charge >= 0.3 is 5.97 Å². The fourth-order valence-electron chi connectivity index (χ4n) is 1.25. The Morgan fingerprint density at radius 1 is 1.47 bits per heavy atom. The van der Waals surface area contributed by atoms with Crippen LogP contribution < -0.4 is 0 Å². The van der Waals surface area contributed by atoms with Crippen molar-refractivity contribution in [1.29, 1.82) is 0 Å². The van der Waals surface area contributed by atoms with Gasteiger partial charge in [-0.05, 0) is 44.0 Å². The zero-order valence-corrected chi connectivity index (χ0v) is 10.2. The van der Waals surface area contributed by atoms with Gasteiger partial charge in [-0.15, -0.1) is 0 Å². The number of aromatic hydroxyl groups is 1. The molecular formula is C11H13BrO3. The van der Waals surface area contributed by atoms with Gasteiger partial charge in [-0.3, -0.25) is 4.79 Å². The number of carboxylic acids is 1. The second-order valence-electron chi connectivity index (χ2n) is 4.14. The van der Waals surface area contributed by atoms with Crippen molar-refractivity contribution in [2.75, 3.05) is 0 Å². The summed E-state index contributed by atoms with van der Waals surface area (Å²) in [6.07, 6.45) is 0.299. The summed E-state index contributed by atoms with van der Waals surface area (Å²) in [5.41, 5.74) is -0.241. The van der Waals surface area contributed by atoms with E-state index in [1.165, 1.54) is 0 Å². The van der Waals surface area contributed by atoms with Gasteiger partial charge in [0.2, 0.25) is 0 Å². The monoisotopic (exact) mass is 272 g/mol. The Hall–Kier alpha value is -1.03. The maximum Gasteiger partial charge on any atom is 0.309 e. The fraction of sp³-hybridized carbons (Fsp3) is 0.364. The van der Waals surface area contributed by atoms with Crippen molar-refractivity contribution in [2.45, 2.75) is 20.3 Å². The van der Waals surface area contributed by atoms with E-state index in [2.05, 4.69) is 15.9 Å². The molecule has 0 aliphatic rings. The summed E-state index contributed by atoms with van der Waals surface area (Å²) in [5.74, 6) is -0.741. The van der Waals surface area contributed by atoms with Gasteiger partial charge in [-0.25, -0.2) is 0 Å². The van der Waals surface area contributed by atoms with Crippen molar-refractivity contribution >= 4 is 21.9 Å². The van der Waals surface area contributed by atoms with E-state index in [1.54, 1.807) is 32.0 Å². The smallest absolute Gasteiger partial charge is 0.309 e. The number of rotatable bonds is 3. The molecule has 1 aromatic rings. The highest BCUT2D eigenvalue weighted by atomic mass is 79.9. The van der Waals surface area contributed by atoms with Crippen LogP contribution in [0.25, 0.3) is 0 Å². The zero-order valence-electron chi connectivity index (χ0n) is 8.62. The third kappa shape index (κ3) is 2.96. The molecule has 0 saturated carbocycles. The normalized spacial score (nSPS) is 11.4. The number of hydrogen-bond acceptors (Lipinski definition) is 2. The van der Waals surface area contributed by atoms with Crippen molar-refractivity contribution < 1.29 is 15.0 Å². The van der Waals surface area contributed by atoms with Crippen LogP contribution in [0.1, 0.15) is 19.4 Å². The van der Waals surface area contributed by atoms with Crippen LogP contribution in [-0.2, 0) is 11.2 Å². The lowest BCUT2D eigenvalue weighted by atomic mass is 9.86. The molecule has 0 spiro atoms. The molecule has 0 aliphatic heterocycles. The molecule has 0 saturated heterocycles. The molecule has 15 heavy (non-hydrogen) atoms. The molecule has 1 aromatic carbocycles. The summed E-state index contributed by atoms with van der Waals surface area (Å²) < 4.78 is 0.830. The maximum atomic E-state index is 10.9. The predicted molar refractivity (Wildman–Crippen MR) is 60.9 cm³/mol. The van der Waals surface area contributed by atoms with Crippen molar-refractivity contribution in [3.05, 3.63) is 28.2 Å². The Bertz CT molecular complexity index is 385. The predicted octanol–water partition coefficient (Wildman–Crippen LogP) is 2.81. The third-order valence-corrected chi connectivity index (χ3v) is 2.75. The number of carboxylic acid groups (broad SMARTS) is 1. The molecule has 2 N–H and O–H groups in total. The van der Waals surface area contributed by atoms with E-state index in [9.17, 15) is 9.90 Å². The first-order valence-electron chi connectivity index (χ1n) is 4.54. The Morgan fingerprint density at radius 2 is 2.07 bits per heavy atom. The van der Waals surface area contributed by atoms with E-state index in [-0.39, 0.29) is 5.75 Å². The second-order valence-corrected chi connectivity index (χ2v) is 5.05. The van der Waals surface area contributed by atoms with Gasteiger partial charge in [0.15, 0.2) is 0 Å². The van der Waals surface area contributed by atoms with Crippen LogP contribution >= 0.6 is 15.9 Å². The molecule has 0 bridgehead atoms. The van der Waals surface area contributed by atoms with Gasteiger partial charge < -0.3 is 10.2 Å². The molecule has 0 atom stereocenters. The van der Waals surface area contributed by atoms with Crippen LogP contribution in [-0.4, -0.2) is 16.2 Å². The van der Waals surface area contributed by atoms with Crippen molar-refractivity contribution in [1.82, 2.24) is 0 Å². The first kappa shape index (κ1) is 12.0. The highest BCUT2D eigenvalue weighted by Gasteiger charge is 2.28. The summed E-state index contributed by atoms with van der Waals surface area (Å²) in [6.45, 7) is 3.27. The van der Waals surface area contributed by atoms with E-state index in [1.807, 2.05) is 0 Å². The number of benzene rings is 1. The van der Waals surface area contributed by atoms with Crippen LogP contribution in [0.15, 0.2) is 22.7 Å². The molecule has 0 fully saturated rings. The van der Waals surface area contributed by atoms with Crippen LogP contribution in [0.2, 0.25) is 0 Å². The minimum absolute atomic E-state index is 0.132. The third-order valence-electron chi connectivity index (χ3n) is 2.25. The summed E-state index contributed by atoms with van der Waals surface area (Å²) in [4.78, 5) is 10.9. The molecule has 82 valence electrons. The largest absolute Gasteiger partial charge is 0.508 e. The molecule has 0 heterocycles. The minimum atomic E-state index is -0.877. The molecule has 1 rings (SSSR count). The maximum absolute atomic E-state index is 10.9. The Kier molecular flexibility index (Phi) is 3.39. The van der Waals surface area contributed by atoms with Crippen LogP contribution in [0, 0.1) is 5.41 Å². The molecule has 4 heteroatoms. The lowest BCUT2D eigenvalue weighted by Crippen LogP contribution is -2.26. The second kappa shape index (κ2) is 4.23. The van der Waals surface area contributed by atoms with E-state index < -0.39 is 11.4 Å². The first-order valence-corrected chi connectivity index (χ1v) is 5.33.